The molecule has 0 unspecified atom stereocenters. The molecule has 0 radical (unpaired) electrons. The molecule has 204 valence electrons. The van der Waals surface area contributed by atoms with Crippen LogP contribution in [-0.2, 0) is 4.79 Å². The van der Waals surface area contributed by atoms with E-state index in [1.165, 1.54) is 4.90 Å². The van der Waals surface area contributed by atoms with Crippen molar-refractivity contribution < 1.29 is 32.4 Å². The smallest absolute Gasteiger partial charge is 0.276 e. The number of aryl methyl sites for hydroxylation is 1. The molecule has 2 aromatic heterocycles. The molecule has 1 N–H and O–H groups in total. The number of nitrogens with zero attached hydrogens (tertiary/aromatic N) is 4. The predicted molar refractivity (Wildman–Crippen MR) is 133 cm³/mol. The van der Waals surface area contributed by atoms with Gasteiger partial charge in [-0.2, -0.15) is 0 Å². The number of rotatable bonds is 2. The summed E-state index contributed by atoms with van der Waals surface area (Å²) in [6, 6.07) is 9.17. The number of likely N-dealkylation sites (tertiary alicyclic amines) is 1. The van der Waals surface area contributed by atoms with Crippen LogP contribution >= 0.6 is 0 Å². The van der Waals surface area contributed by atoms with E-state index in [1.54, 1.807) is 17.9 Å². The van der Waals surface area contributed by atoms with Crippen molar-refractivity contribution in [3.8, 4) is 5.75 Å². The van der Waals surface area contributed by atoms with Gasteiger partial charge in [0, 0.05) is 37.7 Å². The molecule has 0 aliphatic carbocycles. The van der Waals surface area contributed by atoms with Crippen LogP contribution in [0.15, 0.2) is 47.1 Å². The van der Waals surface area contributed by atoms with Gasteiger partial charge in [0.05, 0.1) is 25.4 Å². The molecule has 5 rings (SSSR count). The van der Waals surface area contributed by atoms with Gasteiger partial charge in [-0.15, -0.1) is 0 Å². The number of carbonyl (C=O) groups excluding carboxylic acids is 3. The molecule has 1 fully saturated rings. The van der Waals surface area contributed by atoms with E-state index in [-0.39, 0.29) is 37.2 Å². The second-order valence-electron chi connectivity index (χ2n) is 9.65. The number of aromatic nitrogens is 2. The Hall–Kier alpha value is -4.35. The highest BCUT2D eigenvalue weighted by molar-refractivity contribution is 5.95. The summed E-state index contributed by atoms with van der Waals surface area (Å²) in [5.74, 6) is -2.74. The monoisotopic (exact) mass is 539 g/mol. The topological polar surface area (TPSA) is 118 Å². The normalized spacial score (nSPS) is 20.0. The molecular weight excluding hydrogens is 512 g/mol. The number of carbonyl (C=O) groups is 3. The van der Waals surface area contributed by atoms with Crippen molar-refractivity contribution in [2.24, 2.45) is 0 Å². The van der Waals surface area contributed by atoms with Gasteiger partial charge in [0.15, 0.2) is 17.2 Å². The van der Waals surface area contributed by atoms with Crippen molar-refractivity contribution in [3.05, 3.63) is 76.9 Å². The summed E-state index contributed by atoms with van der Waals surface area (Å²) >= 11 is 0. The molecule has 10 nitrogen and oxygen atoms in total. The molecular formula is C27H27F2N5O5. The third-order valence-electron chi connectivity index (χ3n) is 6.81. The lowest BCUT2D eigenvalue weighted by Gasteiger charge is -2.25. The lowest BCUT2D eigenvalue weighted by atomic mass is 9.94. The summed E-state index contributed by atoms with van der Waals surface area (Å²) in [6.07, 6.45) is 1.81. The molecule has 1 saturated heterocycles. The molecule has 2 aliphatic heterocycles. The fourth-order valence-electron chi connectivity index (χ4n) is 4.91. The summed E-state index contributed by atoms with van der Waals surface area (Å²) < 4.78 is 38.6. The summed E-state index contributed by atoms with van der Waals surface area (Å²) in [6.45, 7) is 2.35. The molecule has 0 spiro atoms. The molecule has 39 heavy (non-hydrogen) atoms. The van der Waals surface area contributed by atoms with Crippen LogP contribution in [0.5, 0.6) is 5.75 Å². The molecule has 3 amide bonds. The number of pyridine rings is 1. The Morgan fingerprint density at radius 2 is 1.92 bits per heavy atom. The van der Waals surface area contributed by atoms with Crippen LogP contribution in [0.3, 0.4) is 0 Å². The van der Waals surface area contributed by atoms with E-state index in [0.717, 1.165) is 11.8 Å². The van der Waals surface area contributed by atoms with Crippen LogP contribution in [-0.4, -0.2) is 76.5 Å². The first-order valence-corrected chi connectivity index (χ1v) is 12.6. The van der Waals surface area contributed by atoms with E-state index >= 15 is 0 Å². The first-order chi connectivity index (χ1) is 18.8. The van der Waals surface area contributed by atoms with E-state index in [4.69, 9.17) is 9.26 Å². The highest BCUT2D eigenvalue weighted by atomic mass is 19.1. The van der Waals surface area contributed by atoms with Gasteiger partial charge in [0.1, 0.15) is 17.3 Å². The number of nitrogens with one attached hydrogen (secondary N) is 1. The van der Waals surface area contributed by atoms with Crippen LogP contribution in [0.4, 0.5) is 8.78 Å². The van der Waals surface area contributed by atoms with Crippen LogP contribution in [0, 0.1) is 18.6 Å². The highest BCUT2D eigenvalue weighted by Gasteiger charge is 2.39. The van der Waals surface area contributed by atoms with Gasteiger partial charge < -0.3 is 24.4 Å². The minimum Gasteiger partial charge on any atom is -0.494 e. The number of benzene rings is 1. The average molecular weight is 540 g/mol. The third kappa shape index (κ3) is 5.89. The van der Waals surface area contributed by atoms with E-state index in [2.05, 4.69) is 15.5 Å². The second-order valence-corrected chi connectivity index (χ2v) is 9.65. The summed E-state index contributed by atoms with van der Waals surface area (Å²) in [5, 5.41) is 6.78. The van der Waals surface area contributed by atoms with E-state index < -0.39 is 35.2 Å². The minimum absolute atomic E-state index is 0.137. The Morgan fingerprint density at radius 3 is 2.69 bits per heavy atom. The zero-order chi connectivity index (χ0) is 27.5. The van der Waals surface area contributed by atoms with Crippen molar-refractivity contribution in [3.63, 3.8) is 0 Å². The van der Waals surface area contributed by atoms with Crippen molar-refractivity contribution in [2.75, 3.05) is 32.8 Å². The quantitative estimate of drug-likeness (QED) is 0.532. The Kier molecular flexibility index (Phi) is 7.53. The molecule has 2 aliphatic rings. The van der Waals surface area contributed by atoms with Crippen molar-refractivity contribution in [1.29, 1.82) is 0 Å². The number of amides is 3. The highest BCUT2D eigenvalue weighted by Crippen LogP contribution is 2.31. The summed E-state index contributed by atoms with van der Waals surface area (Å²) in [5.41, 5.74) is 0.494. The van der Waals surface area contributed by atoms with Gasteiger partial charge in [-0.25, -0.2) is 13.8 Å². The molecule has 0 saturated carbocycles. The number of hydrogen-bond donors (Lipinski definition) is 1. The molecule has 2 atom stereocenters. The Morgan fingerprint density at radius 1 is 1.08 bits per heavy atom. The molecule has 3 aromatic rings. The van der Waals surface area contributed by atoms with Gasteiger partial charge >= 0.3 is 0 Å². The Bertz CT molecular complexity index is 1400. The van der Waals surface area contributed by atoms with Crippen LogP contribution in [0.25, 0.3) is 0 Å². The van der Waals surface area contributed by atoms with Gasteiger partial charge in [-0.1, -0.05) is 17.3 Å². The molecule has 2 bridgehead atoms. The van der Waals surface area contributed by atoms with Crippen LogP contribution in [0.1, 0.15) is 51.1 Å². The third-order valence-corrected chi connectivity index (χ3v) is 6.81. The minimum atomic E-state index is -1.10. The van der Waals surface area contributed by atoms with Gasteiger partial charge in [0.2, 0.25) is 5.91 Å². The number of halogens is 2. The van der Waals surface area contributed by atoms with Crippen molar-refractivity contribution in [2.45, 2.75) is 31.7 Å². The number of hydrogen-bond acceptors (Lipinski definition) is 7. The maximum absolute atomic E-state index is 14.3. The number of fused-ring (bicyclic) bond motifs is 4. The molecule has 1 aromatic carbocycles. The van der Waals surface area contributed by atoms with Crippen molar-refractivity contribution >= 4 is 17.7 Å². The maximum atomic E-state index is 14.3. The maximum Gasteiger partial charge on any atom is 0.276 e. The van der Waals surface area contributed by atoms with Gasteiger partial charge in [-0.3, -0.25) is 14.4 Å². The first kappa shape index (κ1) is 26.3. The number of ether oxygens (including phenoxy) is 1. The van der Waals surface area contributed by atoms with Gasteiger partial charge in [0.25, 0.3) is 11.8 Å². The fraction of sp³-hybridized carbons (Fsp3) is 0.370. The van der Waals surface area contributed by atoms with Crippen LogP contribution in [0.2, 0.25) is 0 Å². The largest absolute Gasteiger partial charge is 0.494 e. The molecule has 4 heterocycles. The average Bonchev–Trinajstić information content (AvgIpc) is 3.53. The van der Waals surface area contributed by atoms with Gasteiger partial charge in [-0.05, 0) is 37.5 Å². The SMILES string of the molecule is Cc1cc(C(=O)N2C[C@@H]3NC(=O)CN(C(=O)c4ncc(F)cc4F)CCCCOc4cccc(c4)[C@H]3C2)no1. The lowest BCUT2D eigenvalue weighted by molar-refractivity contribution is -0.122. The summed E-state index contributed by atoms with van der Waals surface area (Å²) in [7, 11) is 0. The predicted octanol–water partition coefficient (Wildman–Crippen LogP) is 2.70. The van der Waals surface area contributed by atoms with Crippen molar-refractivity contribution in [1.82, 2.24) is 25.3 Å². The lowest BCUT2D eigenvalue weighted by Crippen LogP contribution is -2.47. The zero-order valence-corrected chi connectivity index (χ0v) is 21.2. The van der Waals surface area contributed by atoms with E-state index in [9.17, 15) is 23.2 Å². The Labute approximate surface area is 222 Å². The second kappa shape index (κ2) is 11.2. The Balaban J connectivity index is 1.40. The standard InChI is InChI=1S/C27H27F2N5O5/c1-16-9-22(32-39-16)26(36)34-13-20-17-5-4-6-19(10-17)38-8-3-2-7-33(15-24(35)31-23(20)14-34)27(37)25-21(29)11-18(28)12-30-25/h4-6,9-12,20,23H,2-3,7-8,13-15H2,1H3,(H,31,35)/t20-,23+/m1/s1. The van der Waals surface area contributed by atoms with Crippen LogP contribution < -0.4 is 10.1 Å². The molecule has 12 heteroatoms. The van der Waals surface area contributed by atoms with E-state index in [1.807, 2.05) is 24.3 Å². The first-order valence-electron chi connectivity index (χ1n) is 12.6. The zero-order valence-electron chi connectivity index (χ0n) is 21.2. The van der Waals surface area contributed by atoms with E-state index in [0.29, 0.717) is 43.6 Å². The summed E-state index contributed by atoms with van der Waals surface area (Å²) in [4.78, 5) is 45.8. The fourth-order valence-corrected chi connectivity index (χ4v) is 4.91.